The molecule has 8 heteroatoms. The lowest BCUT2D eigenvalue weighted by atomic mass is 9.94. The van der Waals surface area contributed by atoms with Gasteiger partial charge in [-0.15, -0.1) is 0 Å². The first kappa shape index (κ1) is 21.5. The molecular weight excluding hydrogens is 410 g/mol. The minimum atomic E-state index is -0.725. The molecule has 3 heterocycles. The molecule has 2 amide bonds. The van der Waals surface area contributed by atoms with Crippen molar-refractivity contribution in [3.63, 3.8) is 0 Å². The summed E-state index contributed by atoms with van der Waals surface area (Å²) in [5.74, 6) is -1.54. The van der Waals surface area contributed by atoms with E-state index < -0.39 is 17.7 Å². The summed E-state index contributed by atoms with van der Waals surface area (Å²) >= 11 is 0. The lowest BCUT2D eigenvalue weighted by Crippen LogP contribution is -2.48. The van der Waals surface area contributed by atoms with Crippen molar-refractivity contribution >= 4 is 23.5 Å². The van der Waals surface area contributed by atoms with Crippen LogP contribution in [0.15, 0.2) is 60.4 Å². The van der Waals surface area contributed by atoms with Crippen LogP contribution in [0.4, 0.5) is 4.79 Å². The van der Waals surface area contributed by atoms with Crippen LogP contribution in [0.2, 0.25) is 0 Å². The number of aromatic nitrogens is 1. The molecule has 32 heavy (non-hydrogen) atoms. The summed E-state index contributed by atoms with van der Waals surface area (Å²) in [4.78, 5) is 45.5. The number of benzene rings is 1. The van der Waals surface area contributed by atoms with Gasteiger partial charge < -0.3 is 19.6 Å². The summed E-state index contributed by atoms with van der Waals surface area (Å²) in [5, 5.41) is 11.0. The van der Waals surface area contributed by atoms with Crippen LogP contribution in [0.3, 0.4) is 0 Å². The van der Waals surface area contributed by atoms with Crippen LogP contribution < -0.4 is 0 Å². The molecule has 1 aromatic heterocycles. The van der Waals surface area contributed by atoms with Gasteiger partial charge in [0.1, 0.15) is 5.76 Å². The van der Waals surface area contributed by atoms with E-state index in [0.29, 0.717) is 43.7 Å². The molecule has 0 saturated carbocycles. The predicted octanol–water partition coefficient (Wildman–Crippen LogP) is 3.12. The van der Waals surface area contributed by atoms with Crippen LogP contribution in [-0.4, -0.2) is 63.4 Å². The molecule has 0 spiro atoms. The van der Waals surface area contributed by atoms with Gasteiger partial charge in [-0.1, -0.05) is 30.3 Å². The normalized spacial score (nSPS) is 21.1. The zero-order valence-electron chi connectivity index (χ0n) is 17.8. The van der Waals surface area contributed by atoms with Gasteiger partial charge in [0.25, 0.3) is 11.7 Å². The second kappa shape index (κ2) is 9.21. The number of carbonyl (C=O) groups is 3. The van der Waals surface area contributed by atoms with E-state index >= 15 is 0 Å². The molecule has 0 bridgehead atoms. The number of rotatable bonds is 4. The first-order valence-corrected chi connectivity index (χ1v) is 10.7. The fraction of sp³-hybridized carbons (Fsp3) is 0.333. The van der Waals surface area contributed by atoms with E-state index in [9.17, 15) is 19.5 Å². The van der Waals surface area contributed by atoms with Crippen LogP contribution in [0.5, 0.6) is 0 Å². The van der Waals surface area contributed by atoms with E-state index in [1.165, 1.54) is 0 Å². The molecule has 0 aliphatic carbocycles. The number of Topliss-reactive ketones (excluding diaryl/α,β-unsaturated/α-hetero) is 1. The number of pyridine rings is 1. The molecule has 2 saturated heterocycles. The number of piperidine rings is 1. The second-order valence-corrected chi connectivity index (χ2v) is 7.77. The number of aliphatic hydroxyl groups is 1. The van der Waals surface area contributed by atoms with Crippen molar-refractivity contribution in [1.82, 2.24) is 14.8 Å². The number of carbonyl (C=O) groups excluding carboxylic acids is 3. The van der Waals surface area contributed by atoms with Gasteiger partial charge in [-0.2, -0.15) is 0 Å². The standard InChI is InChI=1S/C24H25N3O5/c1-2-32-24(31)26-14-10-18(11-15-26)27-20(16-8-12-25-13-9-16)19(22(29)23(27)30)21(28)17-6-4-3-5-7-17/h3-9,12-13,18,20,28H,2,10-11,14-15H2,1H3/b21-19+. The molecule has 2 fully saturated rings. The third-order valence-corrected chi connectivity index (χ3v) is 5.93. The van der Waals surface area contributed by atoms with Crippen LogP contribution >= 0.6 is 0 Å². The van der Waals surface area contributed by atoms with Crippen molar-refractivity contribution in [3.8, 4) is 0 Å². The zero-order chi connectivity index (χ0) is 22.7. The Bertz CT molecular complexity index is 1030. The van der Waals surface area contributed by atoms with E-state index in [4.69, 9.17) is 4.74 Å². The van der Waals surface area contributed by atoms with E-state index in [1.54, 1.807) is 65.5 Å². The maximum absolute atomic E-state index is 13.2. The van der Waals surface area contributed by atoms with Gasteiger partial charge in [-0.25, -0.2) is 4.79 Å². The summed E-state index contributed by atoms with van der Waals surface area (Å²) in [5.41, 5.74) is 1.24. The number of amides is 2. The van der Waals surface area contributed by atoms with Gasteiger partial charge >= 0.3 is 6.09 Å². The zero-order valence-corrected chi connectivity index (χ0v) is 17.8. The maximum Gasteiger partial charge on any atom is 0.409 e. The summed E-state index contributed by atoms with van der Waals surface area (Å²) in [6.45, 7) is 2.91. The van der Waals surface area contributed by atoms with Crippen molar-refractivity contribution in [2.45, 2.75) is 31.8 Å². The summed E-state index contributed by atoms with van der Waals surface area (Å²) in [6, 6.07) is 11.2. The molecule has 4 rings (SSSR count). The summed E-state index contributed by atoms with van der Waals surface area (Å²) in [7, 11) is 0. The second-order valence-electron chi connectivity index (χ2n) is 7.77. The average Bonchev–Trinajstić information content (AvgIpc) is 3.10. The Labute approximate surface area is 186 Å². The Morgan fingerprint density at radius 2 is 1.75 bits per heavy atom. The van der Waals surface area contributed by atoms with Gasteiger partial charge in [0, 0.05) is 37.1 Å². The van der Waals surface area contributed by atoms with Crippen molar-refractivity contribution in [2.75, 3.05) is 19.7 Å². The highest BCUT2D eigenvalue weighted by Gasteiger charge is 2.49. The fourth-order valence-corrected chi connectivity index (χ4v) is 4.39. The molecule has 0 radical (unpaired) electrons. The first-order chi connectivity index (χ1) is 15.5. The van der Waals surface area contributed by atoms with E-state index in [1.807, 2.05) is 6.07 Å². The van der Waals surface area contributed by atoms with Crippen LogP contribution in [-0.2, 0) is 14.3 Å². The van der Waals surface area contributed by atoms with Crippen LogP contribution in [0.1, 0.15) is 36.9 Å². The number of ketones is 1. The highest BCUT2D eigenvalue weighted by atomic mass is 16.6. The largest absolute Gasteiger partial charge is 0.507 e. The van der Waals surface area contributed by atoms with Crippen LogP contribution in [0, 0.1) is 0 Å². The minimum absolute atomic E-state index is 0.0697. The van der Waals surface area contributed by atoms with Crippen molar-refractivity contribution in [2.24, 2.45) is 0 Å². The Hall–Kier alpha value is -3.68. The molecule has 1 unspecified atom stereocenters. The Balaban J connectivity index is 1.70. The smallest absolute Gasteiger partial charge is 0.409 e. The van der Waals surface area contributed by atoms with Gasteiger partial charge in [0.05, 0.1) is 18.2 Å². The lowest BCUT2D eigenvalue weighted by Gasteiger charge is -2.38. The number of hydrogen-bond acceptors (Lipinski definition) is 6. The maximum atomic E-state index is 13.2. The van der Waals surface area contributed by atoms with E-state index in [0.717, 1.165) is 0 Å². The van der Waals surface area contributed by atoms with Gasteiger partial charge in [-0.3, -0.25) is 14.6 Å². The van der Waals surface area contributed by atoms with Crippen molar-refractivity contribution in [1.29, 1.82) is 0 Å². The SMILES string of the molecule is CCOC(=O)N1CCC(N2C(=O)C(=O)/C(=C(/O)c3ccccc3)C2c2ccncc2)CC1. The molecular formula is C24H25N3O5. The fourth-order valence-electron chi connectivity index (χ4n) is 4.39. The van der Waals surface area contributed by atoms with Crippen LogP contribution in [0.25, 0.3) is 5.76 Å². The molecule has 166 valence electrons. The molecule has 2 aliphatic rings. The quantitative estimate of drug-likeness (QED) is 0.450. The molecule has 1 aromatic carbocycles. The minimum Gasteiger partial charge on any atom is -0.507 e. The highest BCUT2D eigenvalue weighted by Crippen LogP contribution is 2.42. The van der Waals surface area contributed by atoms with Gasteiger partial charge in [0.2, 0.25) is 0 Å². The van der Waals surface area contributed by atoms with Crippen molar-refractivity contribution < 1.29 is 24.2 Å². The number of ether oxygens (including phenoxy) is 1. The molecule has 2 aromatic rings. The first-order valence-electron chi connectivity index (χ1n) is 10.7. The van der Waals surface area contributed by atoms with E-state index in [2.05, 4.69) is 4.98 Å². The molecule has 2 aliphatic heterocycles. The third kappa shape index (κ3) is 3.95. The highest BCUT2D eigenvalue weighted by molar-refractivity contribution is 6.46. The topological polar surface area (TPSA) is 100 Å². The third-order valence-electron chi connectivity index (χ3n) is 5.93. The predicted molar refractivity (Wildman–Crippen MR) is 116 cm³/mol. The lowest BCUT2D eigenvalue weighted by molar-refractivity contribution is -0.142. The molecule has 8 nitrogen and oxygen atoms in total. The summed E-state index contributed by atoms with van der Waals surface area (Å²) in [6.07, 6.45) is 3.85. The van der Waals surface area contributed by atoms with Crippen molar-refractivity contribution in [3.05, 3.63) is 71.6 Å². The van der Waals surface area contributed by atoms with Gasteiger partial charge in [-0.05, 0) is 37.5 Å². The Morgan fingerprint density at radius 3 is 2.38 bits per heavy atom. The number of hydrogen-bond donors (Lipinski definition) is 1. The average molecular weight is 435 g/mol. The number of likely N-dealkylation sites (tertiary alicyclic amines) is 2. The van der Waals surface area contributed by atoms with Gasteiger partial charge in [0.15, 0.2) is 0 Å². The molecule has 1 atom stereocenters. The Kier molecular flexibility index (Phi) is 6.20. The van der Waals surface area contributed by atoms with E-state index in [-0.39, 0.29) is 23.5 Å². The Morgan fingerprint density at radius 1 is 1.09 bits per heavy atom. The summed E-state index contributed by atoms with van der Waals surface area (Å²) < 4.78 is 5.07. The number of nitrogens with zero attached hydrogens (tertiary/aromatic N) is 3. The molecule has 1 N–H and O–H groups in total. The monoisotopic (exact) mass is 435 g/mol. The number of aliphatic hydroxyl groups excluding tert-OH is 1.